The van der Waals surface area contributed by atoms with Crippen molar-refractivity contribution in [1.82, 2.24) is 10.2 Å². The summed E-state index contributed by atoms with van der Waals surface area (Å²) in [6.07, 6.45) is 0.325. The van der Waals surface area contributed by atoms with Gasteiger partial charge in [-0.25, -0.2) is 0 Å². The second kappa shape index (κ2) is 8.40. The van der Waals surface area contributed by atoms with Gasteiger partial charge in [0.15, 0.2) is 5.11 Å². The lowest BCUT2D eigenvalue weighted by Crippen LogP contribution is -2.52. The number of benzene rings is 3. The molecule has 1 saturated heterocycles. The number of rotatable bonds is 3. The smallest absolute Gasteiger partial charge is 0.230 e. The zero-order valence-corrected chi connectivity index (χ0v) is 16.5. The van der Waals surface area contributed by atoms with Crippen LogP contribution < -0.4 is 10.2 Å². The maximum absolute atomic E-state index is 12.6. The van der Waals surface area contributed by atoms with Gasteiger partial charge in [0.05, 0.1) is 6.42 Å². The maximum atomic E-state index is 12.6. The summed E-state index contributed by atoms with van der Waals surface area (Å²) in [5.74, 6) is -0.0631. The number of fused-ring (bicyclic) bond motifs is 1. The number of anilines is 1. The highest BCUT2D eigenvalue weighted by atomic mass is 32.1. The highest BCUT2D eigenvalue weighted by Crippen LogP contribution is 2.19. The SMILES string of the molecule is O=C(Cc1cccc2ccccc12)NC(=S)N1CCN(c2ccccc2)CC1. The molecule has 0 aromatic heterocycles. The number of hydrogen-bond donors (Lipinski definition) is 1. The molecule has 0 saturated carbocycles. The molecule has 3 aromatic rings. The van der Waals surface area contributed by atoms with Crippen LogP contribution in [-0.4, -0.2) is 42.1 Å². The van der Waals surface area contributed by atoms with E-state index in [0.29, 0.717) is 11.5 Å². The van der Waals surface area contributed by atoms with Gasteiger partial charge < -0.3 is 15.1 Å². The maximum Gasteiger partial charge on any atom is 0.230 e. The van der Waals surface area contributed by atoms with Crippen molar-refractivity contribution in [3.8, 4) is 0 Å². The van der Waals surface area contributed by atoms with Crippen LogP contribution in [0.4, 0.5) is 5.69 Å². The number of amides is 1. The number of para-hydroxylation sites is 1. The van der Waals surface area contributed by atoms with Crippen LogP contribution in [0.25, 0.3) is 10.8 Å². The van der Waals surface area contributed by atoms with Gasteiger partial charge in [-0.3, -0.25) is 4.79 Å². The van der Waals surface area contributed by atoms with Crippen LogP contribution in [-0.2, 0) is 11.2 Å². The van der Waals surface area contributed by atoms with E-state index in [0.717, 1.165) is 42.5 Å². The Balaban J connectivity index is 1.33. The normalized spacial score (nSPS) is 14.1. The van der Waals surface area contributed by atoms with Gasteiger partial charge in [-0.1, -0.05) is 60.7 Å². The predicted octanol–water partition coefficient (Wildman–Crippen LogP) is 3.61. The first-order valence-electron chi connectivity index (χ1n) is 9.56. The standard InChI is InChI=1S/C23H23N3OS/c27-22(17-19-9-6-8-18-7-4-5-12-21(18)19)24-23(28)26-15-13-25(14-16-26)20-10-2-1-3-11-20/h1-12H,13-17H2,(H,24,27,28). The number of nitrogens with zero attached hydrogens (tertiary/aromatic N) is 2. The van der Waals surface area contributed by atoms with Crippen LogP contribution in [0.2, 0.25) is 0 Å². The van der Waals surface area contributed by atoms with Crippen molar-refractivity contribution < 1.29 is 4.79 Å². The monoisotopic (exact) mass is 389 g/mol. The van der Waals surface area contributed by atoms with Gasteiger partial charge in [-0.2, -0.15) is 0 Å². The molecule has 1 fully saturated rings. The quantitative estimate of drug-likeness (QED) is 0.694. The van der Waals surface area contributed by atoms with E-state index in [-0.39, 0.29) is 5.91 Å². The number of carbonyl (C=O) groups is 1. The fourth-order valence-corrected chi connectivity index (χ4v) is 3.97. The van der Waals surface area contributed by atoms with Crippen LogP contribution in [0.5, 0.6) is 0 Å². The summed E-state index contributed by atoms with van der Waals surface area (Å²) in [7, 11) is 0. The fraction of sp³-hybridized carbons (Fsp3) is 0.217. The Labute approximate surface area is 170 Å². The molecule has 1 aliphatic heterocycles. The van der Waals surface area contributed by atoms with Crippen molar-refractivity contribution >= 4 is 39.7 Å². The largest absolute Gasteiger partial charge is 0.368 e. The first-order valence-corrected chi connectivity index (χ1v) is 9.97. The van der Waals surface area contributed by atoms with E-state index in [2.05, 4.69) is 57.6 Å². The molecule has 1 N–H and O–H groups in total. The lowest BCUT2D eigenvalue weighted by Gasteiger charge is -2.37. The average molecular weight is 390 g/mol. The lowest BCUT2D eigenvalue weighted by atomic mass is 10.0. The summed E-state index contributed by atoms with van der Waals surface area (Å²) < 4.78 is 0. The van der Waals surface area contributed by atoms with Crippen molar-refractivity contribution in [3.63, 3.8) is 0 Å². The molecule has 0 spiro atoms. The highest BCUT2D eigenvalue weighted by Gasteiger charge is 2.20. The van der Waals surface area contributed by atoms with Crippen molar-refractivity contribution in [2.75, 3.05) is 31.1 Å². The molecule has 0 atom stereocenters. The lowest BCUT2D eigenvalue weighted by molar-refractivity contribution is -0.119. The minimum absolute atomic E-state index is 0.0631. The minimum Gasteiger partial charge on any atom is -0.368 e. The van der Waals surface area contributed by atoms with Crippen LogP contribution in [0, 0.1) is 0 Å². The van der Waals surface area contributed by atoms with Gasteiger partial charge in [0, 0.05) is 31.9 Å². The van der Waals surface area contributed by atoms with Gasteiger partial charge in [0.25, 0.3) is 0 Å². The fourth-order valence-electron chi connectivity index (χ4n) is 3.67. The van der Waals surface area contributed by atoms with E-state index < -0.39 is 0 Å². The van der Waals surface area contributed by atoms with Crippen molar-refractivity contribution in [2.24, 2.45) is 0 Å². The summed E-state index contributed by atoms with van der Waals surface area (Å²) in [6, 6.07) is 24.6. The van der Waals surface area contributed by atoms with E-state index in [1.54, 1.807) is 0 Å². The summed E-state index contributed by atoms with van der Waals surface area (Å²) in [6.45, 7) is 3.40. The molecular weight excluding hydrogens is 366 g/mol. The molecule has 5 heteroatoms. The van der Waals surface area contributed by atoms with Gasteiger partial charge in [0.1, 0.15) is 0 Å². The van der Waals surface area contributed by atoms with E-state index >= 15 is 0 Å². The first kappa shape index (κ1) is 18.4. The van der Waals surface area contributed by atoms with E-state index in [9.17, 15) is 4.79 Å². The third-order valence-corrected chi connectivity index (χ3v) is 5.53. The number of carbonyl (C=O) groups excluding carboxylic acids is 1. The summed E-state index contributed by atoms with van der Waals surface area (Å²) in [5, 5.41) is 5.70. The molecule has 4 nitrogen and oxygen atoms in total. The van der Waals surface area contributed by atoms with Gasteiger partial charge in [0.2, 0.25) is 5.91 Å². The summed E-state index contributed by atoms with van der Waals surface area (Å²) >= 11 is 5.49. The number of nitrogens with one attached hydrogen (secondary N) is 1. The zero-order valence-electron chi connectivity index (χ0n) is 15.7. The van der Waals surface area contributed by atoms with Crippen molar-refractivity contribution in [3.05, 3.63) is 78.4 Å². The summed E-state index contributed by atoms with van der Waals surface area (Å²) in [5.41, 5.74) is 2.25. The Kier molecular flexibility index (Phi) is 5.53. The van der Waals surface area contributed by atoms with Gasteiger partial charge >= 0.3 is 0 Å². The molecule has 0 radical (unpaired) electrons. The number of thiocarbonyl (C=S) groups is 1. The molecule has 1 amide bonds. The molecule has 142 valence electrons. The van der Waals surface area contributed by atoms with Crippen LogP contribution in [0.1, 0.15) is 5.56 Å². The second-order valence-electron chi connectivity index (χ2n) is 6.98. The Bertz CT molecular complexity index is 976. The molecule has 4 rings (SSSR count). The minimum atomic E-state index is -0.0631. The van der Waals surface area contributed by atoms with E-state index in [4.69, 9.17) is 12.2 Å². The highest BCUT2D eigenvalue weighted by molar-refractivity contribution is 7.80. The van der Waals surface area contributed by atoms with Crippen LogP contribution in [0.3, 0.4) is 0 Å². The molecule has 1 heterocycles. The third kappa shape index (κ3) is 4.15. The van der Waals surface area contributed by atoms with Gasteiger partial charge in [-0.05, 0) is 40.7 Å². The molecule has 28 heavy (non-hydrogen) atoms. The Morgan fingerprint density at radius 2 is 1.54 bits per heavy atom. The van der Waals surface area contributed by atoms with Crippen molar-refractivity contribution in [2.45, 2.75) is 6.42 Å². The topological polar surface area (TPSA) is 35.6 Å². The van der Waals surface area contributed by atoms with Crippen molar-refractivity contribution in [1.29, 1.82) is 0 Å². The van der Waals surface area contributed by atoms with Crippen LogP contribution in [0.15, 0.2) is 72.8 Å². The number of hydrogen-bond acceptors (Lipinski definition) is 3. The third-order valence-electron chi connectivity index (χ3n) is 5.17. The molecule has 0 bridgehead atoms. The average Bonchev–Trinajstić information content (AvgIpc) is 2.75. The Morgan fingerprint density at radius 1 is 0.857 bits per heavy atom. The summed E-state index contributed by atoms with van der Waals surface area (Å²) in [4.78, 5) is 17.0. The molecular formula is C23H23N3OS. The molecule has 0 aliphatic carbocycles. The Morgan fingerprint density at radius 3 is 2.32 bits per heavy atom. The first-order chi connectivity index (χ1) is 13.7. The van der Waals surface area contributed by atoms with E-state index in [1.165, 1.54) is 5.69 Å². The molecule has 1 aliphatic rings. The van der Waals surface area contributed by atoms with E-state index in [1.807, 2.05) is 30.3 Å². The molecule has 0 unspecified atom stereocenters. The molecule has 3 aromatic carbocycles. The number of piperazine rings is 1. The second-order valence-corrected chi connectivity index (χ2v) is 7.36. The van der Waals surface area contributed by atoms with Gasteiger partial charge in [-0.15, -0.1) is 0 Å². The Hall–Kier alpha value is -2.92. The zero-order chi connectivity index (χ0) is 19.3. The van der Waals surface area contributed by atoms with Crippen LogP contribution >= 0.6 is 12.2 Å². The predicted molar refractivity (Wildman–Crippen MR) is 119 cm³/mol.